The molecule has 1 aromatic heterocycles. The van der Waals surface area contributed by atoms with Gasteiger partial charge in [0.05, 0.1) is 11.6 Å². The second kappa shape index (κ2) is 5.38. The van der Waals surface area contributed by atoms with E-state index < -0.39 is 5.97 Å². The first-order chi connectivity index (χ1) is 9.10. The highest BCUT2D eigenvalue weighted by atomic mass is 35.5. The third-order valence-electron chi connectivity index (χ3n) is 2.35. The number of nitrogens with one attached hydrogen (secondary N) is 1. The molecule has 5 nitrogen and oxygen atoms in total. The number of hydrogen-bond donors (Lipinski definition) is 2. The molecule has 0 aliphatic rings. The molecule has 19 heavy (non-hydrogen) atoms. The second-order valence-electron chi connectivity index (χ2n) is 3.65. The lowest BCUT2D eigenvalue weighted by Gasteiger charge is -2.09. The SMILES string of the molecule is N#Cc1cccc(Nc2nc(Cl)ccc2C(=O)O)c1. The van der Waals surface area contributed by atoms with Gasteiger partial charge in [0.15, 0.2) is 0 Å². The molecule has 0 radical (unpaired) electrons. The molecule has 94 valence electrons. The number of carbonyl (C=O) groups is 1. The lowest BCUT2D eigenvalue weighted by Crippen LogP contribution is -2.05. The first-order valence-electron chi connectivity index (χ1n) is 5.27. The van der Waals surface area contributed by atoms with Gasteiger partial charge in [-0.25, -0.2) is 9.78 Å². The maximum atomic E-state index is 11.1. The van der Waals surface area contributed by atoms with E-state index in [2.05, 4.69) is 10.3 Å². The number of aromatic carboxylic acids is 1. The first kappa shape index (κ1) is 12.9. The molecule has 2 N–H and O–H groups in total. The highest BCUT2D eigenvalue weighted by molar-refractivity contribution is 6.29. The highest BCUT2D eigenvalue weighted by Gasteiger charge is 2.12. The number of hydrogen-bond acceptors (Lipinski definition) is 4. The van der Waals surface area contributed by atoms with Crippen molar-refractivity contribution >= 4 is 29.1 Å². The molecule has 0 atom stereocenters. The van der Waals surface area contributed by atoms with Gasteiger partial charge in [-0.2, -0.15) is 5.26 Å². The first-order valence-corrected chi connectivity index (χ1v) is 5.65. The number of carboxylic acid groups (broad SMARTS) is 1. The zero-order valence-electron chi connectivity index (χ0n) is 9.59. The number of aromatic nitrogens is 1. The van der Waals surface area contributed by atoms with Crippen LogP contribution in [0.15, 0.2) is 36.4 Å². The fourth-order valence-electron chi connectivity index (χ4n) is 1.51. The standard InChI is InChI=1S/C13H8ClN3O2/c14-11-5-4-10(13(18)19)12(17-11)16-9-3-1-2-8(6-9)7-15/h1-6H,(H,16,17)(H,18,19). The summed E-state index contributed by atoms with van der Waals surface area (Å²) in [6.45, 7) is 0. The van der Waals surface area contributed by atoms with Crippen LogP contribution < -0.4 is 5.32 Å². The Morgan fingerprint density at radius 3 is 2.84 bits per heavy atom. The van der Waals surface area contributed by atoms with Gasteiger partial charge in [0.2, 0.25) is 0 Å². The monoisotopic (exact) mass is 273 g/mol. The molecule has 0 amide bonds. The average Bonchev–Trinajstić information content (AvgIpc) is 2.38. The number of nitriles is 1. The van der Waals surface area contributed by atoms with Crippen molar-refractivity contribution in [1.82, 2.24) is 4.98 Å². The fraction of sp³-hybridized carbons (Fsp3) is 0. The minimum atomic E-state index is -1.11. The predicted molar refractivity (Wildman–Crippen MR) is 70.6 cm³/mol. The topological polar surface area (TPSA) is 86.0 Å². The molecule has 0 spiro atoms. The number of halogens is 1. The summed E-state index contributed by atoms with van der Waals surface area (Å²) in [6, 6.07) is 11.4. The quantitative estimate of drug-likeness (QED) is 0.840. The van der Waals surface area contributed by atoms with Crippen molar-refractivity contribution in [1.29, 1.82) is 5.26 Å². The van der Waals surface area contributed by atoms with Crippen LogP contribution in [0, 0.1) is 11.3 Å². The van der Waals surface area contributed by atoms with E-state index in [1.165, 1.54) is 12.1 Å². The maximum Gasteiger partial charge on any atom is 0.339 e. The summed E-state index contributed by atoms with van der Waals surface area (Å²) < 4.78 is 0. The Morgan fingerprint density at radius 2 is 2.16 bits per heavy atom. The van der Waals surface area contributed by atoms with E-state index in [9.17, 15) is 4.79 Å². The number of benzene rings is 1. The van der Waals surface area contributed by atoms with Crippen molar-refractivity contribution in [3.05, 3.63) is 52.7 Å². The van der Waals surface area contributed by atoms with Crippen LogP contribution in [-0.4, -0.2) is 16.1 Å². The highest BCUT2D eigenvalue weighted by Crippen LogP contribution is 2.21. The molecule has 0 aliphatic carbocycles. The predicted octanol–water partition coefficient (Wildman–Crippen LogP) is 3.05. The summed E-state index contributed by atoms with van der Waals surface area (Å²) in [4.78, 5) is 15.0. The van der Waals surface area contributed by atoms with Crippen LogP contribution >= 0.6 is 11.6 Å². The molecule has 0 bridgehead atoms. The third-order valence-corrected chi connectivity index (χ3v) is 2.56. The smallest absolute Gasteiger partial charge is 0.339 e. The lowest BCUT2D eigenvalue weighted by molar-refractivity contribution is 0.0697. The normalized spacial score (nSPS) is 9.68. The zero-order chi connectivity index (χ0) is 13.8. The maximum absolute atomic E-state index is 11.1. The Balaban J connectivity index is 2.40. The van der Waals surface area contributed by atoms with Crippen molar-refractivity contribution in [2.24, 2.45) is 0 Å². The number of anilines is 2. The van der Waals surface area contributed by atoms with Crippen LogP contribution in [0.1, 0.15) is 15.9 Å². The molecule has 0 fully saturated rings. The van der Waals surface area contributed by atoms with Gasteiger partial charge in [-0.15, -0.1) is 0 Å². The van der Waals surface area contributed by atoms with Crippen molar-refractivity contribution in [3.63, 3.8) is 0 Å². The molecule has 2 rings (SSSR count). The van der Waals surface area contributed by atoms with E-state index in [0.29, 0.717) is 11.3 Å². The molecular formula is C13H8ClN3O2. The van der Waals surface area contributed by atoms with Gasteiger partial charge in [-0.05, 0) is 30.3 Å². The number of carboxylic acids is 1. The average molecular weight is 274 g/mol. The summed E-state index contributed by atoms with van der Waals surface area (Å²) in [7, 11) is 0. The number of nitrogens with zero attached hydrogens (tertiary/aromatic N) is 2. The third kappa shape index (κ3) is 3.00. The largest absolute Gasteiger partial charge is 0.478 e. The van der Waals surface area contributed by atoms with E-state index in [-0.39, 0.29) is 16.5 Å². The Morgan fingerprint density at radius 1 is 1.37 bits per heavy atom. The Labute approximate surface area is 114 Å². The second-order valence-corrected chi connectivity index (χ2v) is 4.04. The van der Waals surface area contributed by atoms with Crippen LogP contribution in [0.3, 0.4) is 0 Å². The van der Waals surface area contributed by atoms with E-state index in [4.69, 9.17) is 22.0 Å². The van der Waals surface area contributed by atoms with Gasteiger partial charge in [-0.1, -0.05) is 17.7 Å². The molecule has 6 heteroatoms. The van der Waals surface area contributed by atoms with Crippen molar-refractivity contribution < 1.29 is 9.90 Å². The van der Waals surface area contributed by atoms with Crippen molar-refractivity contribution in [3.8, 4) is 6.07 Å². The molecular weight excluding hydrogens is 266 g/mol. The summed E-state index contributed by atoms with van der Waals surface area (Å²) in [5.74, 6) is -0.974. The van der Waals surface area contributed by atoms with E-state index in [1.54, 1.807) is 24.3 Å². The summed E-state index contributed by atoms with van der Waals surface area (Å²) in [5.41, 5.74) is 1.03. The molecule has 0 unspecified atom stereocenters. The fourth-order valence-corrected chi connectivity index (χ4v) is 1.65. The summed E-state index contributed by atoms with van der Waals surface area (Å²) in [6.07, 6.45) is 0. The van der Waals surface area contributed by atoms with Gasteiger partial charge < -0.3 is 10.4 Å². The van der Waals surface area contributed by atoms with Crippen LogP contribution in [0.4, 0.5) is 11.5 Å². The van der Waals surface area contributed by atoms with E-state index >= 15 is 0 Å². The molecule has 1 heterocycles. The molecule has 2 aromatic rings. The van der Waals surface area contributed by atoms with Crippen molar-refractivity contribution in [2.75, 3.05) is 5.32 Å². The van der Waals surface area contributed by atoms with Gasteiger partial charge in [-0.3, -0.25) is 0 Å². The Hall–Kier alpha value is -2.58. The van der Waals surface area contributed by atoms with E-state index in [0.717, 1.165) is 0 Å². The molecule has 0 saturated carbocycles. The Kier molecular flexibility index (Phi) is 3.64. The van der Waals surface area contributed by atoms with Crippen LogP contribution in [-0.2, 0) is 0 Å². The summed E-state index contributed by atoms with van der Waals surface area (Å²) in [5, 5.41) is 20.9. The molecule has 0 saturated heterocycles. The van der Waals surface area contributed by atoms with E-state index in [1.807, 2.05) is 6.07 Å². The van der Waals surface area contributed by atoms with Gasteiger partial charge >= 0.3 is 5.97 Å². The minimum Gasteiger partial charge on any atom is -0.478 e. The molecule has 0 aliphatic heterocycles. The number of rotatable bonds is 3. The van der Waals surface area contributed by atoms with Crippen LogP contribution in [0.5, 0.6) is 0 Å². The Bertz CT molecular complexity index is 680. The van der Waals surface area contributed by atoms with Gasteiger partial charge in [0.1, 0.15) is 16.5 Å². The number of pyridine rings is 1. The van der Waals surface area contributed by atoms with Crippen LogP contribution in [0.25, 0.3) is 0 Å². The molecule has 1 aromatic carbocycles. The minimum absolute atomic E-state index is 0.00626. The van der Waals surface area contributed by atoms with Gasteiger partial charge in [0, 0.05) is 5.69 Å². The van der Waals surface area contributed by atoms with Gasteiger partial charge in [0.25, 0.3) is 0 Å². The zero-order valence-corrected chi connectivity index (χ0v) is 10.3. The lowest BCUT2D eigenvalue weighted by atomic mass is 10.2. The summed E-state index contributed by atoms with van der Waals surface area (Å²) >= 11 is 5.75. The van der Waals surface area contributed by atoms with Crippen LogP contribution in [0.2, 0.25) is 5.15 Å². The van der Waals surface area contributed by atoms with Crippen molar-refractivity contribution in [2.45, 2.75) is 0 Å².